The Morgan fingerprint density at radius 3 is 2.65 bits per heavy atom. The molecule has 17 heavy (non-hydrogen) atoms. The molecule has 1 N–H and O–H groups in total. The van der Waals surface area contributed by atoms with Crippen LogP contribution in [-0.4, -0.2) is 42.8 Å². The molecule has 5 heteroatoms. The van der Waals surface area contributed by atoms with Crippen LogP contribution in [0.3, 0.4) is 0 Å². The predicted molar refractivity (Wildman–Crippen MR) is 60.9 cm³/mol. The Bertz CT molecular complexity index is 263. The fraction of sp³-hybridized carbons (Fsp3) is 1.00. The normalized spacial score (nSPS) is 31.8. The summed E-state index contributed by atoms with van der Waals surface area (Å²) in [5.74, 6) is 0.730. The summed E-state index contributed by atoms with van der Waals surface area (Å²) in [5, 5.41) is 3.53. The predicted octanol–water partition coefficient (Wildman–Crippen LogP) is 2.40. The Balaban J connectivity index is 1.74. The molecule has 1 atom stereocenters. The van der Waals surface area contributed by atoms with Crippen LogP contribution in [-0.2, 0) is 0 Å². The van der Waals surface area contributed by atoms with Crippen molar-refractivity contribution in [2.45, 2.75) is 44.3 Å². The summed E-state index contributed by atoms with van der Waals surface area (Å²) in [4.78, 5) is 2.18. The van der Waals surface area contributed by atoms with Crippen molar-refractivity contribution in [3.05, 3.63) is 0 Å². The summed E-state index contributed by atoms with van der Waals surface area (Å²) in [6, 6.07) is 0. The van der Waals surface area contributed by atoms with Gasteiger partial charge in [0.25, 0.3) is 0 Å². The van der Waals surface area contributed by atoms with Crippen molar-refractivity contribution in [2.75, 3.05) is 26.2 Å². The smallest absolute Gasteiger partial charge is 0.309 e. The molecule has 0 aromatic heterocycles. The van der Waals surface area contributed by atoms with E-state index in [-0.39, 0.29) is 12.0 Å². The summed E-state index contributed by atoms with van der Waals surface area (Å²) in [5.41, 5.74) is 0.135. The van der Waals surface area contributed by atoms with Crippen LogP contribution in [0.2, 0.25) is 0 Å². The first kappa shape index (κ1) is 13.1. The lowest BCUT2D eigenvalue weighted by atomic mass is 9.93. The number of halogens is 3. The Kier molecular flexibility index (Phi) is 3.69. The van der Waals surface area contributed by atoms with Crippen LogP contribution >= 0.6 is 0 Å². The minimum atomic E-state index is -4.01. The molecule has 0 bridgehead atoms. The van der Waals surface area contributed by atoms with Crippen molar-refractivity contribution in [3.8, 4) is 0 Å². The van der Waals surface area contributed by atoms with Crippen LogP contribution in [0.5, 0.6) is 0 Å². The van der Waals surface area contributed by atoms with Crippen LogP contribution in [0.15, 0.2) is 0 Å². The molecule has 1 aliphatic carbocycles. The maximum Gasteiger partial charge on any atom is 0.389 e. The highest BCUT2D eigenvalue weighted by atomic mass is 19.4. The molecule has 0 amide bonds. The zero-order chi connectivity index (χ0) is 12.5. The number of piperazine rings is 1. The second-order valence-corrected chi connectivity index (χ2v) is 5.61. The highest BCUT2D eigenvalue weighted by Gasteiger charge is 2.43. The molecule has 2 nitrogen and oxygen atoms in total. The molecule has 2 rings (SSSR count). The van der Waals surface area contributed by atoms with Crippen molar-refractivity contribution in [2.24, 2.45) is 5.92 Å². The summed E-state index contributed by atoms with van der Waals surface area (Å²) in [6.07, 6.45) is -1.91. The Morgan fingerprint density at radius 2 is 2.06 bits per heavy atom. The van der Waals surface area contributed by atoms with Gasteiger partial charge in [-0.3, -0.25) is 0 Å². The number of hydrogen-bond donors (Lipinski definition) is 1. The van der Waals surface area contributed by atoms with Gasteiger partial charge in [0.1, 0.15) is 0 Å². The lowest BCUT2D eigenvalue weighted by molar-refractivity contribution is -0.136. The van der Waals surface area contributed by atoms with Crippen LogP contribution in [0.25, 0.3) is 0 Å². The number of rotatable bonds is 4. The van der Waals surface area contributed by atoms with E-state index in [9.17, 15) is 13.2 Å². The average Bonchev–Trinajstić information content (AvgIpc) is 2.98. The molecule has 1 aliphatic heterocycles. The molecule has 2 aliphatic rings. The number of hydrogen-bond acceptors (Lipinski definition) is 2. The van der Waals surface area contributed by atoms with E-state index < -0.39 is 12.6 Å². The van der Waals surface area contributed by atoms with Crippen LogP contribution in [0.4, 0.5) is 13.2 Å². The van der Waals surface area contributed by atoms with Crippen molar-refractivity contribution in [1.82, 2.24) is 10.2 Å². The molecule has 0 spiro atoms. The molecule has 1 unspecified atom stereocenters. The highest BCUT2D eigenvalue weighted by molar-refractivity contribution is 5.01. The topological polar surface area (TPSA) is 15.3 Å². The molecule has 0 radical (unpaired) electrons. The van der Waals surface area contributed by atoms with Crippen molar-refractivity contribution < 1.29 is 13.2 Å². The van der Waals surface area contributed by atoms with Crippen molar-refractivity contribution >= 4 is 0 Å². The zero-order valence-corrected chi connectivity index (χ0v) is 10.3. The minimum absolute atomic E-state index is 0.135. The van der Waals surface area contributed by atoms with Gasteiger partial charge in [-0.2, -0.15) is 13.2 Å². The van der Waals surface area contributed by atoms with Gasteiger partial charge in [0.05, 0.1) is 0 Å². The Morgan fingerprint density at radius 1 is 1.35 bits per heavy atom. The lowest BCUT2D eigenvalue weighted by Crippen LogP contribution is -2.60. The number of nitrogens with one attached hydrogen (secondary N) is 1. The summed E-state index contributed by atoms with van der Waals surface area (Å²) >= 11 is 0. The first-order valence-corrected chi connectivity index (χ1v) is 6.43. The standard InChI is InChI=1S/C12H21F3N2/c1-11(10-3-4-10)9-17(8-6-16-11)7-2-5-12(13,14)15/h10,16H,2-9H2,1H3. The molecular formula is C12H21F3N2. The van der Waals surface area contributed by atoms with Crippen LogP contribution < -0.4 is 5.32 Å². The first-order valence-electron chi connectivity index (χ1n) is 6.43. The van der Waals surface area contributed by atoms with Gasteiger partial charge < -0.3 is 10.2 Å². The molecular weight excluding hydrogens is 229 g/mol. The molecule has 0 aromatic rings. The zero-order valence-electron chi connectivity index (χ0n) is 10.3. The van der Waals surface area contributed by atoms with E-state index in [1.54, 1.807) is 0 Å². The SMILES string of the molecule is CC1(C2CC2)CN(CCCC(F)(F)F)CCN1. The second-order valence-electron chi connectivity index (χ2n) is 5.61. The van der Waals surface area contributed by atoms with Gasteiger partial charge >= 0.3 is 6.18 Å². The number of alkyl halides is 3. The Labute approximate surface area is 101 Å². The van der Waals surface area contributed by atoms with Gasteiger partial charge in [0.2, 0.25) is 0 Å². The largest absolute Gasteiger partial charge is 0.389 e. The van der Waals surface area contributed by atoms with Gasteiger partial charge in [-0.1, -0.05) is 0 Å². The second kappa shape index (κ2) is 4.76. The third-order valence-corrected chi connectivity index (χ3v) is 3.92. The maximum absolute atomic E-state index is 12.1. The monoisotopic (exact) mass is 250 g/mol. The fourth-order valence-electron chi connectivity index (χ4n) is 2.79. The van der Waals surface area contributed by atoms with E-state index in [0.29, 0.717) is 6.54 Å². The van der Waals surface area contributed by atoms with Crippen molar-refractivity contribution in [3.63, 3.8) is 0 Å². The van der Waals surface area contributed by atoms with Gasteiger partial charge in [0.15, 0.2) is 0 Å². The summed E-state index contributed by atoms with van der Waals surface area (Å²) < 4.78 is 36.2. The molecule has 1 saturated heterocycles. The van der Waals surface area contributed by atoms with E-state index in [4.69, 9.17) is 0 Å². The van der Waals surface area contributed by atoms with E-state index in [2.05, 4.69) is 17.1 Å². The quantitative estimate of drug-likeness (QED) is 0.824. The van der Waals surface area contributed by atoms with Crippen molar-refractivity contribution in [1.29, 1.82) is 0 Å². The maximum atomic E-state index is 12.1. The van der Waals surface area contributed by atoms with E-state index in [1.807, 2.05) is 0 Å². The Hall–Kier alpha value is -0.290. The summed E-state index contributed by atoms with van der Waals surface area (Å²) in [6.45, 7) is 5.46. The minimum Gasteiger partial charge on any atom is -0.309 e. The van der Waals surface area contributed by atoms with Gasteiger partial charge in [0, 0.05) is 31.6 Å². The van der Waals surface area contributed by atoms with Gasteiger partial charge in [-0.15, -0.1) is 0 Å². The van der Waals surface area contributed by atoms with Crippen LogP contribution in [0, 0.1) is 5.92 Å². The molecule has 1 saturated carbocycles. The van der Waals surface area contributed by atoms with Gasteiger partial charge in [-0.25, -0.2) is 0 Å². The highest BCUT2D eigenvalue weighted by Crippen LogP contribution is 2.40. The average molecular weight is 250 g/mol. The third-order valence-electron chi connectivity index (χ3n) is 3.92. The molecule has 1 heterocycles. The van der Waals surface area contributed by atoms with E-state index in [0.717, 1.165) is 25.6 Å². The first-order chi connectivity index (χ1) is 7.89. The molecule has 0 aromatic carbocycles. The number of nitrogens with zero attached hydrogens (tertiary/aromatic N) is 1. The van der Waals surface area contributed by atoms with E-state index >= 15 is 0 Å². The molecule has 2 fully saturated rings. The molecule has 100 valence electrons. The van der Waals surface area contributed by atoms with Gasteiger partial charge in [-0.05, 0) is 38.6 Å². The fourth-order valence-corrected chi connectivity index (χ4v) is 2.79. The van der Waals surface area contributed by atoms with Crippen LogP contribution in [0.1, 0.15) is 32.6 Å². The summed E-state index contributed by atoms with van der Waals surface area (Å²) in [7, 11) is 0. The third kappa shape index (κ3) is 3.85. The lowest BCUT2D eigenvalue weighted by Gasteiger charge is -2.42. The van der Waals surface area contributed by atoms with E-state index in [1.165, 1.54) is 12.8 Å².